The summed E-state index contributed by atoms with van der Waals surface area (Å²) >= 11 is 1.67. The molecule has 0 saturated carbocycles. The number of benzene rings is 2. The van der Waals surface area contributed by atoms with Crippen LogP contribution in [0.1, 0.15) is 47.5 Å². The van der Waals surface area contributed by atoms with Gasteiger partial charge in [0.1, 0.15) is 12.1 Å². The molecule has 0 bridgehead atoms. The minimum atomic E-state index is 0.671. The molecule has 6 nitrogen and oxygen atoms in total. The smallest absolute Gasteiger partial charge is 0.226 e. The molecule has 0 N–H and O–H groups in total. The van der Waals surface area contributed by atoms with Crippen LogP contribution in [0.5, 0.6) is 0 Å². The number of likely N-dealkylation sites (tertiary alicyclic amines) is 1. The SMILES string of the molecule is Cc1ccc(-c2nc(CSc3nnc(CN4CCCCC4)n3Cc3ccccc3)co2)c(C)c1. The average molecular weight is 474 g/mol. The molecule has 0 unspecified atom stereocenters. The molecule has 1 aliphatic heterocycles. The van der Waals surface area contributed by atoms with Crippen molar-refractivity contribution in [2.45, 2.75) is 57.1 Å². The lowest BCUT2D eigenvalue weighted by Gasteiger charge is -2.26. The maximum Gasteiger partial charge on any atom is 0.226 e. The first-order chi connectivity index (χ1) is 16.7. The lowest BCUT2D eigenvalue weighted by Crippen LogP contribution is -2.30. The van der Waals surface area contributed by atoms with E-state index < -0.39 is 0 Å². The summed E-state index contributed by atoms with van der Waals surface area (Å²) in [7, 11) is 0. The summed E-state index contributed by atoms with van der Waals surface area (Å²) in [4.78, 5) is 7.24. The number of nitrogens with zero attached hydrogens (tertiary/aromatic N) is 5. The Bertz CT molecular complexity index is 1230. The third-order valence-electron chi connectivity index (χ3n) is 6.30. The van der Waals surface area contributed by atoms with Gasteiger partial charge in [-0.2, -0.15) is 0 Å². The van der Waals surface area contributed by atoms with Crippen molar-refractivity contribution in [2.75, 3.05) is 13.1 Å². The van der Waals surface area contributed by atoms with Crippen LogP contribution in [0.3, 0.4) is 0 Å². The molecule has 2 aromatic carbocycles. The zero-order chi connectivity index (χ0) is 23.3. The summed E-state index contributed by atoms with van der Waals surface area (Å²) in [5.41, 5.74) is 5.61. The highest BCUT2D eigenvalue weighted by molar-refractivity contribution is 7.98. The van der Waals surface area contributed by atoms with Crippen LogP contribution in [0, 0.1) is 13.8 Å². The van der Waals surface area contributed by atoms with Crippen molar-refractivity contribution in [3.05, 3.63) is 83.0 Å². The van der Waals surface area contributed by atoms with Crippen LogP contribution in [-0.4, -0.2) is 37.7 Å². The Labute approximate surface area is 205 Å². The van der Waals surface area contributed by atoms with Crippen molar-refractivity contribution < 1.29 is 4.42 Å². The van der Waals surface area contributed by atoms with Crippen molar-refractivity contribution in [3.63, 3.8) is 0 Å². The normalized spacial score (nSPS) is 14.5. The molecule has 0 atom stereocenters. The summed E-state index contributed by atoms with van der Waals surface area (Å²) in [5, 5.41) is 10.1. The Morgan fingerprint density at radius 3 is 2.56 bits per heavy atom. The third-order valence-corrected chi connectivity index (χ3v) is 7.30. The van der Waals surface area contributed by atoms with E-state index in [9.17, 15) is 0 Å². The molecule has 1 aliphatic rings. The van der Waals surface area contributed by atoms with Gasteiger partial charge in [-0.15, -0.1) is 10.2 Å². The lowest BCUT2D eigenvalue weighted by atomic mass is 10.1. The summed E-state index contributed by atoms with van der Waals surface area (Å²) in [5.74, 6) is 2.39. The van der Waals surface area contributed by atoms with Gasteiger partial charge in [-0.05, 0) is 57.0 Å². The van der Waals surface area contributed by atoms with E-state index in [0.717, 1.165) is 48.4 Å². The second-order valence-electron chi connectivity index (χ2n) is 9.06. The maximum absolute atomic E-state index is 5.82. The predicted octanol–water partition coefficient (Wildman–Crippen LogP) is 5.88. The van der Waals surface area contributed by atoms with Crippen molar-refractivity contribution in [3.8, 4) is 11.5 Å². The number of hydrogen-bond donors (Lipinski definition) is 0. The van der Waals surface area contributed by atoms with Gasteiger partial charge in [-0.25, -0.2) is 4.98 Å². The van der Waals surface area contributed by atoms with Crippen molar-refractivity contribution in [1.82, 2.24) is 24.6 Å². The molecule has 0 amide bonds. The first kappa shape index (κ1) is 22.9. The topological polar surface area (TPSA) is 60.0 Å². The molecule has 0 spiro atoms. The number of rotatable bonds is 8. The summed E-state index contributed by atoms with van der Waals surface area (Å²) < 4.78 is 8.08. The van der Waals surface area contributed by atoms with Gasteiger partial charge in [0.2, 0.25) is 5.89 Å². The standard InChI is InChI=1S/C27H31N5OS/c1-20-11-12-24(21(2)15-20)26-28-23(18-33-26)19-34-27-30-29-25(17-31-13-7-4-8-14-31)32(27)16-22-9-5-3-6-10-22/h3,5-6,9-12,15,18H,4,7-8,13-14,16-17,19H2,1-2H3. The van der Waals surface area contributed by atoms with Crippen LogP contribution in [0.2, 0.25) is 0 Å². The van der Waals surface area contributed by atoms with Gasteiger partial charge in [-0.1, -0.05) is 66.2 Å². The number of piperidine rings is 1. The molecule has 2 aromatic heterocycles. The Hall–Kier alpha value is -2.90. The van der Waals surface area contributed by atoms with E-state index >= 15 is 0 Å². The molecule has 0 aliphatic carbocycles. The van der Waals surface area contributed by atoms with E-state index in [1.165, 1.54) is 36.0 Å². The van der Waals surface area contributed by atoms with Gasteiger partial charge in [0, 0.05) is 11.3 Å². The molecule has 176 valence electrons. The van der Waals surface area contributed by atoms with E-state index in [1.807, 2.05) is 0 Å². The minimum absolute atomic E-state index is 0.671. The van der Waals surface area contributed by atoms with Gasteiger partial charge < -0.3 is 8.98 Å². The van der Waals surface area contributed by atoms with Gasteiger partial charge >= 0.3 is 0 Å². The molecule has 34 heavy (non-hydrogen) atoms. The first-order valence-electron chi connectivity index (χ1n) is 12.0. The summed E-state index contributed by atoms with van der Waals surface area (Å²) in [6.07, 6.45) is 5.62. The Morgan fingerprint density at radius 1 is 0.941 bits per heavy atom. The fourth-order valence-electron chi connectivity index (χ4n) is 4.47. The summed E-state index contributed by atoms with van der Waals surface area (Å²) in [6, 6.07) is 16.9. The quantitative estimate of drug-likeness (QED) is 0.298. The van der Waals surface area contributed by atoms with E-state index in [0.29, 0.717) is 11.6 Å². The second kappa shape index (κ2) is 10.6. The molecule has 4 aromatic rings. The maximum atomic E-state index is 5.82. The van der Waals surface area contributed by atoms with Gasteiger partial charge in [0.25, 0.3) is 0 Å². The predicted molar refractivity (Wildman–Crippen MR) is 136 cm³/mol. The molecule has 5 rings (SSSR count). The van der Waals surface area contributed by atoms with Crippen LogP contribution < -0.4 is 0 Å². The highest BCUT2D eigenvalue weighted by Gasteiger charge is 2.19. The Kier molecular flexibility index (Phi) is 7.11. The van der Waals surface area contributed by atoms with E-state index in [4.69, 9.17) is 9.40 Å². The van der Waals surface area contributed by atoms with Crippen LogP contribution >= 0.6 is 11.8 Å². The minimum Gasteiger partial charge on any atom is -0.444 e. The highest BCUT2D eigenvalue weighted by atomic mass is 32.2. The van der Waals surface area contributed by atoms with Gasteiger partial charge in [-0.3, -0.25) is 4.90 Å². The molecule has 1 saturated heterocycles. The van der Waals surface area contributed by atoms with E-state index in [2.05, 4.69) is 82.0 Å². The monoisotopic (exact) mass is 473 g/mol. The largest absolute Gasteiger partial charge is 0.444 e. The first-order valence-corrected chi connectivity index (χ1v) is 13.0. The zero-order valence-electron chi connectivity index (χ0n) is 19.9. The number of thioether (sulfide) groups is 1. The molecular formula is C27H31N5OS. The molecular weight excluding hydrogens is 442 g/mol. The second-order valence-corrected chi connectivity index (χ2v) is 10.0. The molecule has 0 radical (unpaired) electrons. The Morgan fingerprint density at radius 2 is 1.76 bits per heavy atom. The van der Waals surface area contributed by atoms with E-state index in [-0.39, 0.29) is 0 Å². The number of aromatic nitrogens is 4. The van der Waals surface area contributed by atoms with Gasteiger partial charge in [0.05, 0.1) is 18.8 Å². The Balaban J connectivity index is 1.33. The van der Waals surface area contributed by atoms with Crippen molar-refractivity contribution in [2.24, 2.45) is 0 Å². The van der Waals surface area contributed by atoms with Crippen LogP contribution in [0.15, 0.2) is 64.4 Å². The highest BCUT2D eigenvalue weighted by Crippen LogP contribution is 2.27. The average Bonchev–Trinajstić information content (AvgIpc) is 3.46. The number of aryl methyl sites for hydroxylation is 2. The zero-order valence-corrected chi connectivity index (χ0v) is 20.7. The van der Waals surface area contributed by atoms with Crippen LogP contribution in [-0.2, 0) is 18.8 Å². The van der Waals surface area contributed by atoms with Crippen LogP contribution in [0.25, 0.3) is 11.5 Å². The van der Waals surface area contributed by atoms with Crippen molar-refractivity contribution in [1.29, 1.82) is 0 Å². The van der Waals surface area contributed by atoms with E-state index in [1.54, 1.807) is 18.0 Å². The molecule has 3 heterocycles. The summed E-state index contributed by atoms with van der Waals surface area (Å²) in [6.45, 7) is 8.09. The van der Waals surface area contributed by atoms with Gasteiger partial charge in [0.15, 0.2) is 5.16 Å². The lowest BCUT2D eigenvalue weighted by molar-refractivity contribution is 0.213. The van der Waals surface area contributed by atoms with Crippen LogP contribution in [0.4, 0.5) is 0 Å². The number of hydrogen-bond acceptors (Lipinski definition) is 6. The third kappa shape index (κ3) is 5.42. The number of oxazole rings is 1. The fraction of sp³-hybridized carbons (Fsp3) is 0.370. The molecule has 1 fully saturated rings. The molecule has 7 heteroatoms. The fourth-order valence-corrected chi connectivity index (χ4v) is 5.31. The van der Waals surface area contributed by atoms with Crippen molar-refractivity contribution >= 4 is 11.8 Å².